The molecule has 8 nitrogen and oxygen atoms in total. The molecule has 2 aliphatic rings. The van der Waals surface area contributed by atoms with Crippen molar-refractivity contribution in [1.29, 1.82) is 0 Å². The van der Waals surface area contributed by atoms with E-state index in [2.05, 4.69) is 4.90 Å². The number of nitrogens with zero attached hydrogens (tertiary/aromatic N) is 3. The Morgan fingerprint density at radius 1 is 1.09 bits per heavy atom. The van der Waals surface area contributed by atoms with Crippen LogP contribution in [0.4, 0.5) is 23.8 Å². The molecule has 2 saturated heterocycles. The molecule has 0 spiro atoms. The minimum Gasteiger partial charge on any atom is -0.496 e. The van der Waals surface area contributed by atoms with Crippen LogP contribution < -0.4 is 9.64 Å². The molecule has 0 radical (unpaired) electrons. The van der Waals surface area contributed by atoms with Crippen molar-refractivity contribution in [2.24, 2.45) is 0 Å². The lowest BCUT2D eigenvalue weighted by Crippen LogP contribution is -2.38. The first kappa shape index (κ1) is 30.4. The van der Waals surface area contributed by atoms with Crippen molar-refractivity contribution >= 4 is 29.2 Å². The van der Waals surface area contributed by atoms with Crippen molar-refractivity contribution < 1.29 is 37.3 Å². The summed E-state index contributed by atoms with van der Waals surface area (Å²) in [6.45, 7) is 5.08. The highest BCUT2D eigenvalue weighted by atomic mass is 32.1. The third-order valence-electron chi connectivity index (χ3n) is 8.20. The Hall–Kier alpha value is -4.58. The number of hydrogen-bond acceptors (Lipinski definition) is 7. The molecular formula is C33H30F3N3O5S. The lowest BCUT2D eigenvalue weighted by atomic mass is 9.97. The fraction of sp³-hybridized carbons (Fsp3) is 0.303. The van der Waals surface area contributed by atoms with E-state index in [1.165, 1.54) is 4.90 Å². The SMILES string of the molecule is COc1ccc(-c2ccc(C(=O)O)s2)cc1-c1ccc(N2CCC2)nc1CN1C(=O)O[C@H](c2cc(C)cc(C(F)(F)F)c2)[C@@H]1C. The molecule has 12 heteroatoms. The van der Waals surface area contributed by atoms with Gasteiger partial charge in [-0.2, -0.15) is 13.2 Å². The van der Waals surface area contributed by atoms with Crippen LogP contribution in [0.25, 0.3) is 21.6 Å². The number of ether oxygens (including phenoxy) is 2. The fourth-order valence-electron chi connectivity index (χ4n) is 5.72. The van der Waals surface area contributed by atoms with Gasteiger partial charge in [0, 0.05) is 29.1 Å². The van der Waals surface area contributed by atoms with Crippen molar-refractivity contribution in [3.8, 4) is 27.3 Å². The molecule has 1 N–H and O–H groups in total. The number of cyclic esters (lactones) is 1. The number of halogens is 3. The number of carbonyl (C=O) groups excluding carboxylic acids is 1. The number of hydrogen-bond donors (Lipinski definition) is 1. The Bertz CT molecular complexity index is 1790. The average Bonchev–Trinajstić information content (AvgIpc) is 3.57. The zero-order valence-electron chi connectivity index (χ0n) is 24.7. The monoisotopic (exact) mass is 637 g/mol. The van der Waals surface area contributed by atoms with Gasteiger partial charge in [0.05, 0.1) is 31.0 Å². The van der Waals surface area contributed by atoms with Crippen LogP contribution in [0.1, 0.15) is 51.5 Å². The van der Waals surface area contributed by atoms with Crippen LogP contribution in [0, 0.1) is 6.92 Å². The van der Waals surface area contributed by atoms with E-state index in [4.69, 9.17) is 14.5 Å². The predicted molar refractivity (Wildman–Crippen MR) is 164 cm³/mol. The van der Waals surface area contributed by atoms with Crippen molar-refractivity contribution in [3.05, 3.63) is 87.9 Å². The number of thiophene rings is 1. The third-order valence-corrected chi connectivity index (χ3v) is 9.32. The second-order valence-electron chi connectivity index (χ2n) is 11.2. The standard InChI is InChI=1S/C33H30F3N3O5S/c1-18-13-21(15-22(14-18)33(34,35)36)30-19(2)39(32(42)44-30)17-25-23(6-10-29(37-25)38-11-4-12-38)24-16-20(5-7-26(24)43-3)27-8-9-28(45-27)31(40)41/h5-10,13-16,19,30H,4,11-12,17H2,1-3H3,(H,40,41)/t19-,30-/m0/s1. The number of alkyl halides is 3. The number of benzene rings is 2. The number of aryl methyl sites for hydroxylation is 1. The van der Waals surface area contributed by atoms with Crippen LogP contribution in [-0.4, -0.2) is 53.3 Å². The van der Waals surface area contributed by atoms with E-state index in [-0.39, 0.29) is 17.0 Å². The maximum atomic E-state index is 13.6. The molecule has 0 aliphatic carbocycles. The molecule has 4 aromatic rings. The number of carbonyl (C=O) groups is 2. The van der Waals surface area contributed by atoms with Gasteiger partial charge in [0.2, 0.25) is 0 Å². The fourth-order valence-corrected chi connectivity index (χ4v) is 6.56. The number of carboxylic acids is 1. The Balaban J connectivity index is 1.38. The zero-order chi connectivity index (χ0) is 32.0. The quantitative estimate of drug-likeness (QED) is 0.211. The number of methoxy groups -OCH3 is 1. The second-order valence-corrected chi connectivity index (χ2v) is 12.3. The van der Waals surface area contributed by atoms with E-state index in [9.17, 15) is 27.9 Å². The van der Waals surface area contributed by atoms with Gasteiger partial charge in [-0.05, 0) is 86.0 Å². The maximum absolute atomic E-state index is 13.6. The van der Waals surface area contributed by atoms with E-state index in [1.807, 2.05) is 24.3 Å². The molecular weight excluding hydrogens is 607 g/mol. The largest absolute Gasteiger partial charge is 0.496 e. The molecule has 2 atom stereocenters. The highest BCUT2D eigenvalue weighted by molar-refractivity contribution is 7.17. The van der Waals surface area contributed by atoms with Crippen molar-refractivity contribution in [3.63, 3.8) is 0 Å². The first-order valence-corrected chi connectivity index (χ1v) is 15.2. The van der Waals surface area contributed by atoms with Crippen LogP contribution in [0.5, 0.6) is 5.75 Å². The predicted octanol–water partition coefficient (Wildman–Crippen LogP) is 7.80. The first-order valence-electron chi connectivity index (χ1n) is 14.4. The van der Waals surface area contributed by atoms with Gasteiger partial charge >= 0.3 is 18.2 Å². The summed E-state index contributed by atoms with van der Waals surface area (Å²) in [6.07, 6.45) is -5.04. The minimum atomic E-state index is -4.53. The summed E-state index contributed by atoms with van der Waals surface area (Å²) in [5, 5.41) is 9.41. The molecule has 1 amide bonds. The molecule has 0 unspecified atom stereocenters. The average molecular weight is 638 g/mol. The molecule has 4 heterocycles. The van der Waals surface area contributed by atoms with Gasteiger partial charge in [-0.1, -0.05) is 11.6 Å². The minimum absolute atomic E-state index is 0.0427. The number of rotatable bonds is 8. The van der Waals surface area contributed by atoms with Gasteiger partial charge in [0.25, 0.3) is 0 Å². The summed E-state index contributed by atoms with van der Waals surface area (Å²) in [5.41, 5.74) is 2.65. The number of pyridine rings is 1. The first-order chi connectivity index (χ1) is 21.4. The highest BCUT2D eigenvalue weighted by Crippen LogP contribution is 2.41. The van der Waals surface area contributed by atoms with Gasteiger partial charge in [0.15, 0.2) is 0 Å². The van der Waals surface area contributed by atoms with Crippen LogP contribution in [-0.2, 0) is 17.5 Å². The zero-order valence-corrected chi connectivity index (χ0v) is 25.5. The Morgan fingerprint density at radius 2 is 1.87 bits per heavy atom. The number of amides is 1. The Morgan fingerprint density at radius 3 is 2.51 bits per heavy atom. The summed E-state index contributed by atoms with van der Waals surface area (Å²) in [5.74, 6) is 0.311. The second kappa shape index (κ2) is 11.7. The van der Waals surface area contributed by atoms with Gasteiger partial charge in [-0.25, -0.2) is 14.6 Å². The van der Waals surface area contributed by atoms with Gasteiger partial charge < -0.3 is 19.5 Å². The number of anilines is 1. The maximum Gasteiger partial charge on any atom is 0.416 e. The molecule has 234 valence electrons. The smallest absolute Gasteiger partial charge is 0.416 e. The van der Waals surface area contributed by atoms with Gasteiger partial charge in [0.1, 0.15) is 22.5 Å². The third kappa shape index (κ3) is 5.94. The molecule has 6 rings (SSSR count). The van der Waals surface area contributed by atoms with Gasteiger partial charge in [-0.15, -0.1) is 11.3 Å². The summed E-state index contributed by atoms with van der Waals surface area (Å²) < 4.78 is 52.1. The van der Waals surface area contributed by atoms with E-state index in [0.717, 1.165) is 59.2 Å². The van der Waals surface area contributed by atoms with Crippen molar-refractivity contribution in [2.45, 2.75) is 45.1 Å². The van der Waals surface area contributed by atoms with E-state index in [0.29, 0.717) is 28.1 Å². The molecule has 2 aliphatic heterocycles. The van der Waals surface area contributed by atoms with Crippen LogP contribution in [0.2, 0.25) is 0 Å². The Labute approximate surface area is 261 Å². The topological polar surface area (TPSA) is 92.2 Å². The number of aromatic nitrogens is 1. The molecule has 0 saturated carbocycles. The lowest BCUT2D eigenvalue weighted by molar-refractivity contribution is -0.137. The summed E-state index contributed by atoms with van der Waals surface area (Å²) in [6, 6.07) is 15.8. The summed E-state index contributed by atoms with van der Waals surface area (Å²) in [7, 11) is 1.55. The summed E-state index contributed by atoms with van der Waals surface area (Å²) in [4.78, 5) is 34.3. The normalized spacial score (nSPS) is 18.1. The van der Waals surface area contributed by atoms with E-state index < -0.39 is 35.9 Å². The van der Waals surface area contributed by atoms with Crippen molar-refractivity contribution in [1.82, 2.24) is 9.88 Å². The van der Waals surface area contributed by atoms with Gasteiger partial charge in [-0.3, -0.25) is 4.90 Å². The molecule has 2 fully saturated rings. The number of carboxylic acid groups (broad SMARTS) is 1. The lowest BCUT2D eigenvalue weighted by Gasteiger charge is -2.33. The van der Waals surface area contributed by atoms with Crippen molar-refractivity contribution in [2.75, 3.05) is 25.1 Å². The number of aromatic carboxylic acids is 1. The van der Waals surface area contributed by atoms with E-state index >= 15 is 0 Å². The molecule has 45 heavy (non-hydrogen) atoms. The molecule has 2 aromatic heterocycles. The van der Waals surface area contributed by atoms with E-state index in [1.54, 1.807) is 45.2 Å². The molecule has 2 aromatic carbocycles. The Kier molecular flexibility index (Phi) is 7.94. The van der Waals surface area contributed by atoms with Crippen LogP contribution in [0.3, 0.4) is 0 Å². The van der Waals surface area contributed by atoms with Crippen LogP contribution >= 0.6 is 11.3 Å². The highest BCUT2D eigenvalue weighted by Gasteiger charge is 2.41. The van der Waals surface area contributed by atoms with Crippen LogP contribution in [0.15, 0.2) is 60.7 Å². The molecule has 0 bridgehead atoms. The summed E-state index contributed by atoms with van der Waals surface area (Å²) >= 11 is 1.16.